The molecular weight excluding hydrogens is 196 g/mol. The van der Waals surface area contributed by atoms with Crippen molar-refractivity contribution in [2.45, 2.75) is 59.0 Å². The lowest BCUT2D eigenvalue weighted by molar-refractivity contribution is -0.0807. The molecule has 2 rings (SSSR count). The van der Waals surface area contributed by atoms with E-state index in [2.05, 4.69) is 33.8 Å². The number of hydrogen-bond acceptors (Lipinski definition) is 1. The maximum atomic E-state index is 10.5. The second kappa shape index (κ2) is 4.18. The summed E-state index contributed by atoms with van der Waals surface area (Å²) in [4.78, 5) is 0. The Labute approximate surface area is 99.9 Å². The van der Waals surface area contributed by atoms with Gasteiger partial charge in [-0.3, -0.25) is 0 Å². The van der Waals surface area contributed by atoms with E-state index in [1.54, 1.807) is 0 Å². The smallest absolute Gasteiger partial charge is 0.0653 e. The highest BCUT2D eigenvalue weighted by atomic mass is 16.3. The van der Waals surface area contributed by atoms with Gasteiger partial charge in [-0.25, -0.2) is 0 Å². The van der Waals surface area contributed by atoms with Crippen LogP contribution < -0.4 is 0 Å². The van der Waals surface area contributed by atoms with Gasteiger partial charge in [0.15, 0.2) is 0 Å². The van der Waals surface area contributed by atoms with Crippen LogP contribution in [-0.2, 0) is 0 Å². The van der Waals surface area contributed by atoms with Gasteiger partial charge in [-0.05, 0) is 63.2 Å². The predicted octanol–water partition coefficient (Wildman–Crippen LogP) is 3.78. The summed E-state index contributed by atoms with van der Waals surface area (Å²) in [5, 5.41) is 10.5. The third-order valence-corrected chi connectivity index (χ3v) is 4.92. The standard InChI is InChI=1S/C15H26O/c1-10(2)12-7-8-15(4,16)14-6-5-11(3)9-13(12)14/h9-10,12-14,16H,5-8H2,1-4H3/t12-,13-,14+,15-/m0/s1. The molecule has 1 nitrogen and oxygen atoms in total. The zero-order valence-electron chi connectivity index (χ0n) is 11.2. The quantitative estimate of drug-likeness (QED) is 0.669. The molecule has 0 aromatic rings. The van der Waals surface area contributed by atoms with Crippen LogP contribution in [0.1, 0.15) is 53.4 Å². The van der Waals surface area contributed by atoms with Gasteiger partial charge in [-0.15, -0.1) is 0 Å². The monoisotopic (exact) mass is 222 g/mol. The average Bonchev–Trinajstić information content (AvgIpc) is 2.16. The highest BCUT2D eigenvalue weighted by molar-refractivity contribution is 5.13. The molecular formula is C15H26O. The second-order valence-corrected chi connectivity index (χ2v) is 6.54. The third kappa shape index (κ3) is 2.07. The Morgan fingerprint density at radius 3 is 2.69 bits per heavy atom. The summed E-state index contributed by atoms with van der Waals surface area (Å²) in [7, 11) is 0. The van der Waals surface area contributed by atoms with Crippen LogP contribution in [0.15, 0.2) is 11.6 Å². The summed E-state index contributed by atoms with van der Waals surface area (Å²) < 4.78 is 0. The summed E-state index contributed by atoms with van der Waals surface area (Å²) in [6, 6.07) is 0. The molecule has 0 saturated heterocycles. The maximum Gasteiger partial charge on any atom is 0.0653 e. The van der Waals surface area contributed by atoms with Crippen LogP contribution in [0.5, 0.6) is 0 Å². The van der Waals surface area contributed by atoms with E-state index >= 15 is 0 Å². The van der Waals surface area contributed by atoms with Crippen LogP contribution in [-0.4, -0.2) is 10.7 Å². The molecule has 1 heteroatoms. The number of allylic oxidation sites excluding steroid dienone is 2. The Morgan fingerprint density at radius 1 is 1.38 bits per heavy atom. The molecule has 1 saturated carbocycles. The Bertz CT molecular complexity index is 288. The fourth-order valence-corrected chi connectivity index (χ4v) is 3.87. The van der Waals surface area contributed by atoms with Gasteiger partial charge in [-0.1, -0.05) is 25.5 Å². The van der Waals surface area contributed by atoms with Crippen LogP contribution in [0.25, 0.3) is 0 Å². The van der Waals surface area contributed by atoms with E-state index in [0.717, 1.165) is 18.3 Å². The van der Waals surface area contributed by atoms with E-state index in [0.29, 0.717) is 11.8 Å². The molecule has 0 amide bonds. The maximum absolute atomic E-state index is 10.5. The normalized spacial score (nSPS) is 44.1. The SMILES string of the molecule is CC1=C[C@@H]2[C@@H](CC1)[C@@](C)(O)CC[C@H]2C(C)C. The van der Waals surface area contributed by atoms with Gasteiger partial charge in [-0.2, -0.15) is 0 Å². The van der Waals surface area contributed by atoms with E-state index in [1.807, 2.05) is 0 Å². The van der Waals surface area contributed by atoms with Crippen LogP contribution in [0.3, 0.4) is 0 Å². The summed E-state index contributed by atoms with van der Waals surface area (Å²) in [6.45, 7) is 8.96. The van der Waals surface area contributed by atoms with Crippen molar-refractivity contribution in [3.63, 3.8) is 0 Å². The van der Waals surface area contributed by atoms with Gasteiger partial charge in [0.05, 0.1) is 5.60 Å². The topological polar surface area (TPSA) is 20.2 Å². The molecule has 0 radical (unpaired) electrons. The zero-order valence-corrected chi connectivity index (χ0v) is 11.2. The van der Waals surface area contributed by atoms with Crippen molar-refractivity contribution in [3.8, 4) is 0 Å². The van der Waals surface area contributed by atoms with Crippen molar-refractivity contribution < 1.29 is 5.11 Å². The van der Waals surface area contributed by atoms with Gasteiger partial charge >= 0.3 is 0 Å². The summed E-state index contributed by atoms with van der Waals surface area (Å²) in [5.41, 5.74) is 1.11. The number of fused-ring (bicyclic) bond motifs is 1. The fraction of sp³-hybridized carbons (Fsp3) is 0.867. The Morgan fingerprint density at radius 2 is 2.06 bits per heavy atom. The molecule has 0 aromatic carbocycles. The summed E-state index contributed by atoms with van der Waals surface area (Å²) in [5.74, 6) is 2.64. The van der Waals surface area contributed by atoms with Crippen molar-refractivity contribution in [2.75, 3.05) is 0 Å². The zero-order chi connectivity index (χ0) is 11.9. The van der Waals surface area contributed by atoms with Gasteiger partial charge in [0.2, 0.25) is 0 Å². The van der Waals surface area contributed by atoms with E-state index in [9.17, 15) is 5.11 Å². The van der Waals surface area contributed by atoms with Crippen molar-refractivity contribution in [1.29, 1.82) is 0 Å². The van der Waals surface area contributed by atoms with E-state index < -0.39 is 5.60 Å². The molecule has 0 aromatic heterocycles. The van der Waals surface area contributed by atoms with Crippen LogP contribution in [0.2, 0.25) is 0 Å². The van der Waals surface area contributed by atoms with Crippen molar-refractivity contribution in [3.05, 3.63) is 11.6 Å². The predicted molar refractivity (Wildman–Crippen MR) is 68.2 cm³/mol. The first kappa shape index (κ1) is 12.2. The molecule has 0 heterocycles. The van der Waals surface area contributed by atoms with E-state index in [4.69, 9.17) is 0 Å². The highest BCUT2D eigenvalue weighted by Crippen LogP contribution is 2.49. The second-order valence-electron chi connectivity index (χ2n) is 6.54. The van der Waals surface area contributed by atoms with Gasteiger partial charge in [0, 0.05) is 0 Å². The van der Waals surface area contributed by atoms with Crippen LogP contribution >= 0.6 is 0 Å². The number of hydrogen-bond donors (Lipinski definition) is 1. The summed E-state index contributed by atoms with van der Waals surface area (Å²) in [6.07, 6.45) is 7.01. The van der Waals surface area contributed by atoms with Gasteiger partial charge in [0.1, 0.15) is 0 Å². The Balaban J connectivity index is 2.27. The molecule has 0 aliphatic heterocycles. The minimum Gasteiger partial charge on any atom is -0.390 e. The highest BCUT2D eigenvalue weighted by Gasteiger charge is 2.46. The molecule has 1 fully saturated rings. The first-order valence-electron chi connectivity index (χ1n) is 6.81. The van der Waals surface area contributed by atoms with Crippen molar-refractivity contribution >= 4 is 0 Å². The lowest BCUT2D eigenvalue weighted by Gasteiger charge is -2.49. The molecule has 0 bridgehead atoms. The van der Waals surface area contributed by atoms with E-state index in [-0.39, 0.29) is 0 Å². The lowest BCUT2D eigenvalue weighted by atomic mass is 9.58. The van der Waals surface area contributed by atoms with Crippen LogP contribution in [0, 0.1) is 23.7 Å². The first-order chi connectivity index (χ1) is 7.42. The largest absolute Gasteiger partial charge is 0.390 e. The van der Waals surface area contributed by atoms with Gasteiger partial charge in [0.25, 0.3) is 0 Å². The minimum atomic E-state index is -0.423. The molecule has 16 heavy (non-hydrogen) atoms. The number of rotatable bonds is 1. The molecule has 2 aliphatic carbocycles. The minimum absolute atomic E-state index is 0.423. The molecule has 0 unspecified atom stereocenters. The lowest BCUT2D eigenvalue weighted by Crippen LogP contribution is -2.48. The van der Waals surface area contributed by atoms with E-state index in [1.165, 1.54) is 24.8 Å². The van der Waals surface area contributed by atoms with Crippen LogP contribution in [0.4, 0.5) is 0 Å². The third-order valence-electron chi connectivity index (χ3n) is 4.92. The Kier molecular flexibility index (Phi) is 3.18. The molecule has 0 spiro atoms. The Hall–Kier alpha value is -0.300. The number of aliphatic hydroxyl groups is 1. The van der Waals surface area contributed by atoms with Crippen molar-refractivity contribution in [1.82, 2.24) is 0 Å². The first-order valence-corrected chi connectivity index (χ1v) is 6.81. The van der Waals surface area contributed by atoms with Crippen molar-refractivity contribution in [2.24, 2.45) is 23.7 Å². The molecule has 1 N–H and O–H groups in total. The molecule has 4 atom stereocenters. The molecule has 2 aliphatic rings. The fourth-order valence-electron chi connectivity index (χ4n) is 3.87. The molecule has 92 valence electrons. The summed E-state index contributed by atoms with van der Waals surface area (Å²) >= 11 is 0. The van der Waals surface area contributed by atoms with Gasteiger partial charge < -0.3 is 5.11 Å². The average molecular weight is 222 g/mol.